The maximum Gasteiger partial charge on any atom is 0.0481 e. The number of hydrogen-bond acceptors (Lipinski definition) is 1. The van der Waals surface area contributed by atoms with E-state index in [0.29, 0.717) is 5.92 Å². The molecule has 0 saturated heterocycles. The summed E-state index contributed by atoms with van der Waals surface area (Å²) < 4.78 is 0. The molecule has 1 aromatic carbocycles. The van der Waals surface area contributed by atoms with Gasteiger partial charge in [-0.15, -0.1) is 0 Å². The van der Waals surface area contributed by atoms with Crippen molar-refractivity contribution in [3.8, 4) is 0 Å². The fraction of sp³-hybridized carbons (Fsp3) is 0.350. The van der Waals surface area contributed by atoms with Gasteiger partial charge in [-0.3, -0.25) is 4.98 Å². The fourth-order valence-corrected chi connectivity index (χ4v) is 3.80. The lowest BCUT2D eigenvalue weighted by Gasteiger charge is -2.17. The van der Waals surface area contributed by atoms with E-state index in [9.17, 15) is 0 Å². The van der Waals surface area contributed by atoms with Crippen molar-refractivity contribution in [1.29, 1.82) is 0 Å². The highest BCUT2D eigenvalue weighted by molar-refractivity contribution is 5.77. The van der Waals surface area contributed by atoms with Crippen LogP contribution in [0.4, 0.5) is 0 Å². The second-order valence-electron chi connectivity index (χ2n) is 6.53. The van der Waals surface area contributed by atoms with Crippen LogP contribution in [0.25, 0.3) is 5.57 Å². The molecule has 4 rings (SSSR count). The Morgan fingerprint density at radius 3 is 2.52 bits per heavy atom. The van der Waals surface area contributed by atoms with Crippen LogP contribution < -0.4 is 0 Å². The number of aryl methyl sites for hydroxylation is 3. The number of rotatable bonds is 1. The number of hydrogen-bond donors (Lipinski definition) is 0. The summed E-state index contributed by atoms with van der Waals surface area (Å²) in [5.41, 5.74) is 9.64. The lowest BCUT2D eigenvalue weighted by Crippen LogP contribution is -2.03. The van der Waals surface area contributed by atoms with Crippen molar-refractivity contribution in [2.75, 3.05) is 0 Å². The lowest BCUT2D eigenvalue weighted by atomic mass is 9.88. The average molecular weight is 275 g/mol. The van der Waals surface area contributed by atoms with Crippen LogP contribution in [0.3, 0.4) is 0 Å². The first-order valence-corrected chi connectivity index (χ1v) is 7.99. The van der Waals surface area contributed by atoms with Crippen LogP contribution in [0.2, 0.25) is 0 Å². The average Bonchev–Trinajstić information content (AvgIpc) is 2.82. The van der Waals surface area contributed by atoms with Crippen molar-refractivity contribution in [2.24, 2.45) is 0 Å². The maximum atomic E-state index is 4.63. The minimum Gasteiger partial charge on any atom is -0.260 e. The highest BCUT2D eigenvalue weighted by atomic mass is 14.7. The van der Waals surface area contributed by atoms with Gasteiger partial charge in [-0.25, -0.2) is 0 Å². The Kier molecular flexibility index (Phi) is 2.95. The van der Waals surface area contributed by atoms with E-state index in [2.05, 4.69) is 42.8 Å². The standard InChI is InChI=1S/C20H21N/c1-13-7-8-20(21-12-13)19-11-17-9-15-5-3-4-6-16(15)10-18(17)14(19)2/h7-10,12,19H,2-6,11H2,1H3. The van der Waals surface area contributed by atoms with E-state index < -0.39 is 0 Å². The third-order valence-electron chi connectivity index (χ3n) is 5.05. The van der Waals surface area contributed by atoms with Gasteiger partial charge in [0.2, 0.25) is 0 Å². The largest absolute Gasteiger partial charge is 0.260 e. The number of fused-ring (bicyclic) bond motifs is 2. The Bertz CT molecular complexity index is 709. The van der Waals surface area contributed by atoms with Crippen molar-refractivity contribution in [2.45, 2.75) is 44.9 Å². The zero-order valence-electron chi connectivity index (χ0n) is 12.7. The number of allylic oxidation sites excluding steroid dienone is 1. The van der Waals surface area contributed by atoms with Crippen molar-refractivity contribution < 1.29 is 0 Å². The van der Waals surface area contributed by atoms with Crippen molar-refractivity contribution in [3.63, 3.8) is 0 Å². The third kappa shape index (κ3) is 2.12. The Balaban J connectivity index is 1.72. The molecule has 1 aromatic heterocycles. The first-order valence-electron chi connectivity index (χ1n) is 7.99. The number of nitrogens with zero attached hydrogens (tertiary/aromatic N) is 1. The molecular formula is C20H21N. The van der Waals surface area contributed by atoms with E-state index in [0.717, 1.165) is 6.42 Å². The van der Waals surface area contributed by atoms with Gasteiger partial charge in [0.1, 0.15) is 0 Å². The van der Waals surface area contributed by atoms with Gasteiger partial charge in [-0.1, -0.05) is 24.8 Å². The Hall–Kier alpha value is -1.89. The Morgan fingerprint density at radius 1 is 1.05 bits per heavy atom. The van der Waals surface area contributed by atoms with Crippen molar-refractivity contribution in [3.05, 3.63) is 70.6 Å². The summed E-state index contributed by atoms with van der Waals surface area (Å²) in [6.07, 6.45) is 8.21. The summed E-state index contributed by atoms with van der Waals surface area (Å²) in [5, 5.41) is 0. The summed E-state index contributed by atoms with van der Waals surface area (Å²) in [7, 11) is 0. The van der Waals surface area contributed by atoms with Gasteiger partial charge >= 0.3 is 0 Å². The number of benzene rings is 1. The predicted molar refractivity (Wildman–Crippen MR) is 87.5 cm³/mol. The molecule has 106 valence electrons. The molecule has 1 heterocycles. The fourth-order valence-electron chi connectivity index (χ4n) is 3.80. The van der Waals surface area contributed by atoms with Crippen LogP contribution in [0.15, 0.2) is 37.0 Å². The van der Waals surface area contributed by atoms with Crippen LogP contribution in [-0.4, -0.2) is 4.98 Å². The summed E-state index contributed by atoms with van der Waals surface area (Å²) in [5.74, 6) is 0.365. The van der Waals surface area contributed by atoms with Crippen molar-refractivity contribution in [1.82, 2.24) is 4.98 Å². The van der Waals surface area contributed by atoms with Crippen LogP contribution in [0.5, 0.6) is 0 Å². The zero-order chi connectivity index (χ0) is 14.4. The molecule has 1 unspecified atom stereocenters. The van der Waals surface area contributed by atoms with Crippen molar-refractivity contribution >= 4 is 5.57 Å². The van der Waals surface area contributed by atoms with Gasteiger partial charge in [-0.2, -0.15) is 0 Å². The quantitative estimate of drug-likeness (QED) is 0.740. The molecule has 0 saturated carbocycles. The second kappa shape index (κ2) is 4.84. The monoisotopic (exact) mass is 275 g/mol. The number of aromatic nitrogens is 1. The van der Waals surface area contributed by atoms with E-state index in [-0.39, 0.29) is 0 Å². The molecule has 2 aliphatic carbocycles. The lowest BCUT2D eigenvalue weighted by molar-refractivity contribution is 0.684. The van der Waals surface area contributed by atoms with Crippen LogP contribution in [0, 0.1) is 6.92 Å². The topological polar surface area (TPSA) is 12.9 Å². The molecule has 0 fully saturated rings. The van der Waals surface area contributed by atoms with E-state index in [1.165, 1.54) is 53.6 Å². The van der Waals surface area contributed by atoms with Gasteiger partial charge in [0, 0.05) is 17.8 Å². The third-order valence-corrected chi connectivity index (χ3v) is 5.05. The molecule has 1 nitrogen and oxygen atoms in total. The molecule has 0 spiro atoms. The summed E-state index contributed by atoms with van der Waals surface area (Å²) in [6, 6.07) is 9.18. The SMILES string of the molecule is C=C1c2cc3c(cc2CC1c1ccc(C)cn1)CCCC3. The van der Waals surface area contributed by atoms with E-state index in [1.807, 2.05) is 6.20 Å². The minimum atomic E-state index is 0.365. The Labute approximate surface area is 126 Å². The first kappa shape index (κ1) is 12.8. The summed E-state index contributed by atoms with van der Waals surface area (Å²) in [4.78, 5) is 4.63. The van der Waals surface area contributed by atoms with Gasteiger partial charge < -0.3 is 0 Å². The molecule has 1 heteroatoms. The van der Waals surface area contributed by atoms with E-state index in [1.54, 1.807) is 11.1 Å². The van der Waals surface area contributed by atoms with E-state index in [4.69, 9.17) is 0 Å². The van der Waals surface area contributed by atoms with Crippen LogP contribution in [0.1, 0.15) is 52.3 Å². The molecule has 0 aliphatic heterocycles. The maximum absolute atomic E-state index is 4.63. The molecule has 0 bridgehead atoms. The molecular weight excluding hydrogens is 254 g/mol. The van der Waals surface area contributed by atoms with E-state index >= 15 is 0 Å². The normalized spacial score (nSPS) is 20.2. The predicted octanol–water partition coefficient (Wildman–Crippen LogP) is 4.62. The molecule has 2 aromatic rings. The second-order valence-corrected chi connectivity index (χ2v) is 6.53. The molecule has 0 radical (unpaired) electrons. The zero-order valence-corrected chi connectivity index (χ0v) is 12.7. The summed E-state index contributed by atoms with van der Waals surface area (Å²) in [6.45, 7) is 6.47. The molecule has 0 amide bonds. The first-order chi connectivity index (χ1) is 10.2. The van der Waals surface area contributed by atoms with Gasteiger partial charge in [0.25, 0.3) is 0 Å². The van der Waals surface area contributed by atoms with Gasteiger partial charge in [-0.05, 0) is 78.5 Å². The smallest absolute Gasteiger partial charge is 0.0481 e. The highest BCUT2D eigenvalue weighted by Gasteiger charge is 2.29. The Morgan fingerprint density at radius 2 is 1.81 bits per heavy atom. The summed E-state index contributed by atoms with van der Waals surface area (Å²) >= 11 is 0. The molecule has 2 aliphatic rings. The van der Waals surface area contributed by atoms with Gasteiger partial charge in [0.05, 0.1) is 0 Å². The van der Waals surface area contributed by atoms with Gasteiger partial charge in [0.15, 0.2) is 0 Å². The minimum absolute atomic E-state index is 0.365. The molecule has 1 atom stereocenters. The number of pyridine rings is 1. The molecule has 0 N–H and O–H groups in total. The van der Waals surface area contributed by atoms with Crippen LogP contribution in [-0.2, 0) is 19.3 Å². The molecule has 21 heavy (non-hydrogen) atoms. The highest BCUT2D eigenvalue weighted by Crippen LogP contribution is 2.43. The van der Waals surface area contributed by atoms with Crippen LogP contribution >= 0.6 is 0 Å².